The molecule has 2 rings (SSSR count). The molecule has 0 aliphatic carbocycles. The van der Waals surface area contributed by atoms with E-state index in [4.69, 9.17) is 22.1 Å². The van der Waals surface area contributed by atoms with Crippen molar-refractivity contribution in [2.75, 3.05) is 6.61 Å². The van der Waals surface area contributed by atoms with Crippen LogP contribution in [-0.2, 0) is 4.79 Å². The summed E-state index contributed by atoms with van der Waals surface area (Å²) in [4.78, 5) is 22.9. The van der Waals surface area contributed by atoms with Crippen LogP contribution in [0.2, 0.25) is 5.02 Å². The first kappa shape index (κ1) is 16.8. The van der Waals surface area contributed by atoms with Gasteiger partial charge >= 0.3 is 0 Å². The van der Waals surface area contributed by atoms with Crippen molar-refractivity contribution in [1.82, 2.24) is 5.32 Å². The van der Waals surface area contributed by atoms with E-state index in [1.807, 2.05) is 25.1 Å². The highest BCUT2D eigenvalue weighted by molar-refractivity contribution is 6.30. The van der Waals surface area contributed by atoms with Crippen LogP contribution in [0, 0.1) is 0 Å². The number of ether oxygens (including phenoxy) is 1. The minimum absolute atomic E-state index is 0.174. The normalized spacial score (nSPS) is 11.6. The van der Waals surface area contributed by atoms with Crippen molar-refractivity contribution >= 4 is 23.4 Å². The maximum absolute atomic E-state index is 12.2. The molecule has 0 aliphatic rings. The lowest BCUT2D eigenvalue weighted by Crippen LogP contribution is -2.26. The number of halogens is 1. The first-order chi connectivity index (χ1) is 11.0. The summed E-state index contributed by atoms with van der Waals surface area (Å²) in [5.74, 6) is -0.288. The highest BCUT2D eigenvalue weighted by atomic mass is 35.5. The van der Waals surface area contributed by atoms with Gasteiger partial charge in [-0.3, -0.25) is 9.59 Å². The van der Waals surface area contributed by atoms with Crippen molar-refractivity contribution in [2.24, 2.45) is 5.73 Å². The molecular formula is C17H17ClN2O3. The molecule has 1 unspecified atom stereocenters. The predicted octanol–water partition coefficient (Wildman–Crippen LogP) is 2.70. The van der Waals surface area contributed by atoms with Crippen LogP contribution in [0.4, 0.5) is 0 Å². The van der Waals surface area contributed by atoms with E-state index in [0.29, 0.717) is 16.3 Å². The third kappa shape index (κ3) is 5.00. The van der Waals surface area contributed by atoms with Gasteiger partial charge in [0.2, 0.25) is 0 Å². The summed E-state index contributed by atoms with van der Waals surface area (Å²) < 4.78 is 5.14. The van der Waals surface area contributed by atoms with Gasteiger partial charge in [0.15, 0.2) is 6.61 Å². The van der Waals surface area contributed by atoms with E-state index in [0.717, 1.165) is 5.56 Å². The maximum Gasteiger partial charge on any atom is 0.255 e. The van der Waals surface area contributed by atoms with Crippen molar-refractivity contribution in [3.05, 3.63) is 64.7 Å². The summed E-state index contributed by atoms with van der Waals surface area (Å²) in [5, 5.41) is 3.52. The van der Waals surface area contributed by atoms with Crippen LogP contribution in [0.25, 0.3) is 0 Å². The molecule has 2 amide bonds. The minimum Gasteiger partial charge on any atom is -0.484 e. The number of rotatable bonds is 6. The summed E-state index contributed by atoms with van der Waals surface area (Å²) in [6.07, 6.45) is 0. The Kier molecular flexibility index (Phi) is 5.60. The van der Waals surface area contributed by atoms with Crippen LogP contribution < -0.4 is 15.8 Å². The number of nitrogens with two attached hydrogens (primary N) is 1. The van der Waals surface area contributed by atoms with Crippen LogP contribution in [0.3, 0.4) is 0 Å². The smallest absolute Gasteiger partial charge is 0.255 e. The van der Waals surface area contributed by atoms with E-state index in [1.54, 1.807) is 30.3 Å². The van der Waals surface area contributed by atoms with Crippen molar-refractivity contribution in [3.8, 4) is 5.75 Å². The molecule has 3 N–H and O–H groups in total. The number of primary amides is 1. The molecule has 0 aromatic heterocycles. The number of benzene rings is 2. The fourth-order valence-electron chi connectivity index (χ4n) is 2.00. The first-order valence-corrected chi connectivity index (χ1v) is 7.41. The van der Waals surface area contributed by atoms with Crippen molar-refractivity contribution < 1.29 is 14.3 Å². The lowest BCUT2D eigenvalue weighted by atomic mass is 10.1. The van der Waals surface area contributed by atoms with Gasteiger partial charge in [-0.15, -0.1) is 0 Å². The molecule has 0 fully saturated rings. The van der Waals surface area contributed by atoms with Crippen molar-refractivity contribution in [3.63, 3.8) is 0 Å². The number of nitrogens with one attached hydrogen (secondary N) is 1. The lowest BCUT2D eigenvalue weighted by Gasteiger charge is -2.15. The number of amides is 2. The first-order valence-electron chi connectivity index (χ1n) is 7.03. The van der Waals surface area contributed by atoms with Gasteiger partial charge in [-0.05, 0) is 48.9 Å². The predicted molar refractivity (Wildman–Crippen MR) is 88.5 cm³/mol. The van der Waals surface area contributed by atoms with Gasteiger partial charge in [-0.1, -0.05) is 23.7 Å². The van der Waals surface area contributed by atoms with Crippen LogP contribution in [0.15, 0.2) is 48.5 Å². The molecule has 2 aromatic rings. The average molecular weight is 333 g/mol. The zero-order chi connectivity index (χ0) is 16.8. The van der Waals surface area contributed by atoms with Gasteiger partial charge in [-0.25, -0.2) is 0 Å². The minimum atomic E-state index is -0.554. The van der Waals surface area contributed by atoms with E-state index >= 15 is 0 Å². The highest BCUT2D eigenvalue weighted by Gasteiger charge is 2.12. The third-order valence-electron chi connectivity index (χ3n) is 3.19. The van der Waals surface area contributed by atoms with Gasteiger partial charge in [0.05, 0.1) is 6.04 Å². The van der Waals surface area contributed by atoms with Crippen LogP contribution in [0.1, 0.15) is 28.9 Å². The van der Waals surface area contributed by atoms with E-state index < -0.39 is 5.91 Å². The van der Waals surface area contributed by atoms with Gasteiger partial charge in [0.25, 0.3) is 11.8 Å². The Morgan fingerprint density at radius 2 is 1.91 bits per heavy atom. The molecule has 0 heterocycles. The number of carbonyl (C=O) groups is 2. The second kappa shape index (κ2) is 7.65. The largest absolute Gasteiger partial charge is 0.484 e. The van der Waals surface area contributed by atoms with Crippen LogP contribution in [0.5, 0.6) is 5.75 Å². The molecule has 0 spiro atoms. The molecule has 6 heteroatoms. The summed E-state index contributed by atoms with van der Waals surface area (Å²) in [6.45, 7) is 1.69. The Bertz CT molecular complexity index is 701. The fourth-order valence-corrected chi connectivity index (χ4v) is 2.19. The Hall–Kier alpha value is -2.53. The van der Waals surface area contributed by atoms with E-state index in [1.165, 1.54) is 0 Å². The van der Waals surface area contributed by atoms with Crippen molar-refractivity contribution in [1.29, 1.82) is 0 Å². The Morgan fingerprint density at radius 3 is 2.52 bits per heavy atom. The second-order valence-corrected chi connectivity index (χ2v) is 5.47. The molecular weight excluding hydrogens is 316 g/mol. The zero-order valence-electron chi connectivity index (χ0n) is 12.6. The Morgan fingerprint density at radius 1 is 1.22 bits per heavy atom. The summed E-state index contributed by atoms with van der Waals surface area (Å²) >= 11 is 5.95. The second-order valence-electron chi connectivity index (χ2n) is 5.03. The van der Waals surface area contributed by atoms with Crippen LogP contribution in [-0.4, -0.2) is 18.4 Å². The van der Waals surface area contributed by atoms with Gasteiger partial charge in [0.1, 0.15) is 5.75 Å². The quantitative estimate of drug-likeness (QED) is 0.853. The fraction of sp³-hybridized carbons (Fsp3) is 0.176. The SMILES string of the molecule is CC(NC(=O)c1ccc(OCC(N)=O)cc1)c1cccc(Cl)c1. The van der Waals surface area contributed by atoms with E-state index in [-0.39, 0.29) is 18.6 Å². The van der Waals surface area contributed by atoms with Crippen LogP contribution >= 0.6 is 11.6 Å². The molecule has 0 radical (unpaired) electrons. The van der Waals surface area contributed by atoms with E-state index in [9.17, 15) is 9.59 Å². The lowest BCUT2D eigenvalue weighted by molar-refractivity contribution is -0.119. The topological polar surface area (TPSA) is 81.4 Å². The number of carbonyl (C=O) groups excluding carboxylic acids is 2. The third-order valence-corrected chi connectivity index (χ3v) is 3.43. The molecule has 5 nitrogen and oxygen atoms in total. The number of hydrogen-bond donors (Lipinski definition) is 2. The molecule has 0 saturated heterocycles. The average Bonchev–Trinajstić information content (AvgIpc) is 2.53. The summed E-state index contributed by atoms with van der Waals surface area (Å²) in [6, 6.07) is 13.6. The van der Waals surface area contributed by atoms with E-state index in [2.05, 4.69) is 5.32 Å². The van der Waals surface area contributed by atoms with Crippen molar-refractivity contribution in [2.45, 2.75) is 13.0 Å². The number of hydrogen-bond acceptors (Lipinski definition) is 3. The molecule has 23 heavy (non-hydrogen) atoms. The summed E-state index contributed by atoms with van der Waals surface area (Å²) in [5.41, 5.74) is 6.42. The molecule has 120 valence electrons. The highest BCUT2D eigenvalue weighted by Crippen LogP contribution is 2.18. The van der Waals surface area contributed by atoms with Gasteiger partial charge in [-0.2, -0.15) is 0 Å². The van der Waals surface area contributed by atoms with Gasteiger partial charge < -0.3 is 15.8 Å². The summed E-state index contributed by atoms with van der Waals surface area (Å²) in [7, 11) is 0. The maximum atomic E-state index is 12.2. The zero-order valence-corrected chi connectivity index (χ0v) is 13.3. The Labute approximate surface area is 139 Å². The molecule has 0 saturated carbocycles. The van der Waals surface area contributed by atoms with Gasteiger partial charge in [0, 0.05) is 10.6 Å². The standard InChI is InChI=1S/C17H17ClN2O3/c1-11(13-3-2-4-14(18)9-13)20-17(22)12-5-7-15(8-6-12)23-10-16(19)21/h2-9,11H,10H2,1H3,(H2,19,21)(H,20,22). The Balaban J connectivity index is 1.98. The molecule has 0 bridgehead atoms. The molecule has 2 aromatic carbocycles. The molecule has 1 atom stereocenters. The monoisotopic (exact) mass is 332 g/mol. The molecule has 0 aliphatic heterocycles.